The lowest BCUT2D eigenvalue weighted by Crippen LogP contribution is -2.25. The van der Waals surface area contributed by atoms with Crippen molar-refractivity contribution in [2.75, 3.05) is 0 Å². The van der Waals surface area contributed by atoms with Crippen molar-refractivity contribution in [2.45, 2.75) is 15.2 Å². The number of hydrogen-bond donors (Lipinski definition) is 0. The number of rotatable bonds is 1. The summed E-state index contributed by atoms with van der Waals surface area (Å²) in [6.45, 7) is 0. The average Bonchev–Trinajstić information content (AvgIpc) is 3.57. The summed E-state index contributed by atoms with van der Waals surface area (Å²) < 4.78 is 0. The van der Waals surface area contributed by atoms with Gasteiger partial charge in [0.2, 0.25) is 0 Å². The molecule has 46 heavy (non-hydrogen) atoms. The summed E-state index contributed by atoms with van der Waals surface area (Å²) >= 11 is 1.90. The molecule has 0 saturated heterocycles. The van der Waals surface area contributed by atoms with E-state index in [1.807, 2.05) is 11.8 Å². The Labute approximate surface area is 272 Å². The predicted octanol–water partition coefficient (Wildman–Crippen LogP) is 12.1. The summed E-state index contributed by atoms with van der Waals surface area (Å²) in [5.74, 6) is 0. The summed E-state index contributed by atoms with van der Waals surface area (Å²) in [7, 11) is 0. The second kappa shape index (κ2) is 8.88. The smallest absolute Gasteiger partial charge is 0.0725 e. The van der Waals surface area contributed by atoms with Gasteiger partial charge >= 0.3 is 0 Å². The van der Waals surface area contributed by atoms with Gasteiger partial charge in [-0.25, -0.2) is 0 Å². The van der Waals surface area contributed by atoms with Crippen molar-refractivity contribution in [3.05, 3.63) is 180 Å². The maximum Gasteiger partial charge on any atom is 0.0725 e. The van der Waals surface area contributed by atoms with Gasteiger partial charge in [-0.15, -0.1) is 0 Å². The molecule has 0 bridgehead atoms. The molecule has 1 aliphatic heterocycles. The van der Waals surface area contributed by atoms with Crippen LogP contribution in [-0.2, 0) is 5.41 Å². The van der Waals surface area contributed by atoms with E-state index in [9.17, 15) is 0 Å². The Morgan fingerprint density at radius 2 is 0.935 bits per heavy atom. The summed E-state index contributed by atoms with van der Waals surface area (Å²) in [4.78, 5) is 2.66. The molecule has 0 atom stereocenters. The Kier molecular flexibility index (Phi) is 4.80. The molecule has 0 unspecified atom stereocenters. The monoisotopic (exact) mass is 598 g/mol. The van der Waals surface area contributed by atoms with Gasteiger partial charge in [-0.2, -0.15) is 0 Å². The van der Waals surface area contributed by atoms with Gasteiger partial charge in [0.05, 0.1) is 5.41 Å². The molecular formula is C45H26S. The predicted molar refractivity (Wildman–Crippen MR) is 193 cm³/mol. The van der Waals surface area contributed by atoms with E-state index >= 15 is 0 Å². The van der Waals surface area contributed by atoms with Gasteiger partial charge in [0.1, 0.15) is 0 Å². The summed E-state index contributed by atoms with van der Waals surface area (Å²) in [6, 6.07) is 59.5. The standard InChI is InChI=1S/C45H26S/c1-2-11-28-24-41-37(23-27(28)10-1)34-21-20-29(25-40(34)45(41)38-17-6-3-13-32(38)33-14-4-7-18-39(33)45)31-22-30-12-9-16-36-35-15-5-8-19-42(35)46-43(26-31)44(30)36/h1-26H. The minimum Gasteiger partial charge on any atom is -0.0888 e. The van der Waals surface area contributed by atoms with Crippen LogP contribution >= 0.6 is 11.8 Å². The van der Waals surface area contributed by atoms with Crippen molar-refractivity contribution in [1.29, 1.82) is 0 Å². The molecule has 8 aromatic carbocycles. The zero-order valence-electron chi connectivity index (χ0n) is 24.9. The van der Waals surface area contributed by atoms with Crippen LogP contribution in [0.1, 0.15) is 22.3 Å². The Morgan fingerprint density at radius 1 is 0.326 bits per heavy atom. The fourth-order valence-corrected chi connectivity index (χ4v) is 9.95. The molecule has 0 fully saturated rings. The van der Waals surface area contributed by atoms with Gasteiger partial charge in [0.25, 0.3) is 0 Å². The highest BCUT2D eigenvalue weighted by atomic mass is 32.2. The molecule has 0 nitrogen and oxygen atoms in total. The molecule has 0 N–H and O–H groups in total. The van der Waals surface area contributed by atoms with E-state index in [1.54, 1.807) is 0 Å². The highest BCUT2D eigenvalue weighted by Gasteiger charge is 2.51. The summed E-state index contributed by atoms with van der Waals surface area (Å²) in [5.41, 5.74) is 15.7. The van der Waals surface area contributed by atoms with Crippen molar-refractivity contribution in [2.24, 2.45) is 0 Å². The van der Waals surface area contributed by atoms with Crippen molar-refractivity contribution in [3.8, 4) is 44.5 Å². The van der Waals surface area contributed by atoms with Crippen LogP contribution < -0.4 is 0 Å². The lowest BCUT2D eigenvalue weighted by molar-refractivity contribution is 0.795. The zero-order valence-corrected chi connectivity index (χ0v) is 25.7. The summed E-state index contributed by atoms with van der Waals surface area (Å²) in [6.07, 6.45) is 0. The van der Waals surface area contributed by atoms with Crippen LogP contribution in [0, 0.1) is 0 Å². The molecule has 0 amide bonds. The Balaban J connectivity index is 1.21. The maximum atomic E-state index is 2.51. The topological polar surface area (TPSA) is 0 Å². The van der Waals surface area contributed by atoms with E-state index in [4.69, 9.17) is 0 Å². The Bertz CT molecular complexity index is 2580. The molecule has 2 aliphatic carbocycles. The van der Waals surface area contributed by atoms with E-state index in [-0.39, 0.29) is 5.41 Å². The first-order valence-electron chi connectivity index (χ1n) is 16.0. The third-order valence-corrected chi connectivity index (χ3v) is 11.7. The fraction of sp³-hybridized carbons (Fsp3) is 0.0222. The van der Waals surface area contributed by atoms with Gasteiger partial charge in [0, 0.05) is 15.2 Å². The van der Waals surface area contributed by atoms with E-state index < -0.39 is 0 Å². The summed E-state index contributed by atoms with van der Waals surface area (Å²) in [5, 5.41) is 5.24. The SMILES string of the molecule is c1ccc2c(c1)Sc1cc(-c3ccc4c(c3)C3(c5ccccc5-c5ccccc53)c3cc5ccccc5cc3-4)cc3cccc-2c13. The quantitative estimate of drug-likeness (QED) is 0.181. The van der Waals surface area contributed by atoms with E-state index in [0.717, 1.165) is 0 Å². The molecule has 1 heteroatoms. The van der Waals surface area contributed by atoms with Crippen molar-refractivity contribution in [3.63, 3.8) is 0 Å². The maximum absolute atomic E-state index is 2.51. The fourth-order valence-electron chi connectivity index (χ4n) is 8.76. The minimum atomic E-state index is -0.371. The van der Waals surface area contributed by atoms with Gasteiger partial charge in [0.15, 0.2) is 0 Å². The van der Waals surface area contributed by atoms with E-state index in [1.165, 1.54) is 98.1 Å². The van der Waals surface area contributed by atoms with Crippen LogP contribution in [0.25, 0.3) is 66.1 Å². The molecule has 3 aliphatic rings. The average molecular weight is 599 g/mol. The molecule has 1 heterocycles. The first-order chi connectivity index (χ1) is 22.8. The Hall–Kier alpha value is -5.37. The minimum absolute atomic E-state index is 0.371. The highest BCUT2D eigenvalue weighted by Crippen LogP contribution is 2.63. The number of fused-ring (bicyclic) bond motifs is 13. The molecule has 1 spiro atoms. The molecular weight excluding hydrogens is 573 g/mol. The Morgan fingerprint density at radius 3 is 1.74 bits per heavy atom. The highest BCUT2D eigenvalue weighted by molar-refractivity contribution is 7.99. The van der Waals surface area contributed by atoms with E-state index in [0.29, 0.717) is 0 Å². The number of hydrogen-bond acceptors (Lipinski definition) is 1. The van der Waals surface area contributed by atoms with Crippen LogP contribution in [0.4, 0.5) is 0 Å². The van der Waals surface area contributed by atoms with Gasteiger partial charge in [-0.1, -0.05) is 133 Å². The lowest BCUT2D eigenvalue weighted by atomic mass is 9.70. The molecule has 212 valence electrons. The van der Waals surface area contributed by atoms with Crippen molar-refractivity contribution >= 4 is 33.3 Å². The van der Waals surface area contributed by atoms with Crippen molar-refractivity contribution < 1.29 is 0 Å². The van der Waals surface area contributed by atoms with Crippen LogP contribution in [0.3, 0.4) is 0 Å². The third kappa shape index (κ3) is 3.06. The van der Waals surface area contributed by atoms with Crippen LogP contribution in [-0.4, -0.2) is 0 Å². The van der Waals surface area contributed by atoms with Crippen LogP contribution in [0.2, 0.25) is 0 Å². The lowest BCUT2D eigenvalue weighted by Gasteiger charge is -2.31. The van der Waals surface area contributed by atoms with Crippen LogP contribution in [0.15, 0.2) is 168 Å². The van der Waals surface area contributed by atoms with Gasteiger partial charge < -0.3 is 0 Å². The second-order valence-corrected chi connectivity index (χ2v) is 13.9. The molecule has 0 saturated carbocycles. The largest absolute Gasteiger partial charge is 0.0888 e. The first-order valence-corrected chi connectivity index (χ1v) is 16.8. The van der Waals surface area contributed by atoms with Gasteiger partial charge in [-0.05, 0) is 119 Å². The molecule has 11 rings (SSSR count). The normalized spacial score (nSPS) is 14.2. The van der Waals surface area contributed by atoms with E-state index in [2.05, 4.69) is 158 Å². The van der Waals surface area contributed by atoms with Gasteiger partial charge in [-0.3, -0.25) is 0 Å². The first kappa shape index (κ1) is 24.9. The number of benzene rings is 8. The zero-order chi connectivity index (χ0) is 30.0. The molecule has 0 radical (unpaired) electrons. The molecule has 0 aromatic heterocycles. The van der Waals surface area contributed by atoms with Crippen LogP contribution in [0.5, 0.6) is 0 Å². The second-order valence-electron chi connectivity index (χ2n) is 12.8. The molecule has 8 aromatic rings. The van der Waals surface area contributed by atoms with Crippen molar-refractivity contribution in [1.82, 2.24) is 0 Å². The third-order valence-electron chi connectivity index (χ3n) is 10.6.